The Labute approximate surface area is 142 Å². The Balaban J connectivity index is 1.70. The van der Waals surface area contributed by atoms with Crippen LogP contribution < -0.4 is 5.32 Å². The molecule has 0 aliphatic carbocycles. The summed E-state index contributed by atoms with van der Waals surface area (Å²) < 4.78 is 17.8. The van der Waals surface area contributed by atoms with Gasteiger partial charge in [0.15, 0.2) is 5.13 Å². The number of nitrogens with zero attached hydrogens (tertiary/aromatic N) is 2. The van der Waals surface area contributed by atoms with E-state index in [1.54, 1.807) is 11.8 Å². The van der Waals surface area contributed by atoms with E-state index in [9.17, 15) is 14.0 Å². The molecule has 126 valence electrons. The van der Waals surface area contributed by atoms with E-state index in [0.29, 0.717) is 30.2 Å². The molecule has 6 nitrogen and oxygen atoms in total. The van der Waals surface area contributed by atoms with Crippen LogP contribution in [0.25, 0.3) is 0 Å². The fourth-order valence-electron chi connectivity index (χ4n) is 2.45. The molecule has 2 amide bonds. The second kappa shape index (κ2) is 6.96. The van der Waals surface area contributed by atoms with Gasteiger partial charge in [0.05, 0.1) is 18.8 Å². The van der Waals surface area contributed by atoms with Gasteiger partial charge in [-0.3, -0.25) is 10.1 Å². The van der Waals surface area contributed by atoms with Crippen molar-refractivity contribution in [3.05, 3.63) is 46.2 Å². The van der Waals surface area contributed by atoms with Crippen molar-refractivity contribution in [2.24, 2.45) is 0 Å². The molecule has 0 atom stereocenters. The van der Waals surface area contributed by atoms with Gasteiger partial charge in [0.25, 0.3) is 5.91 Å². The van der Waals surface area contributed by atoms with Crippen molar-refractivity contribution in [2.45, 2.75) is 19.9 Å². The Morgan fingerprint density at radius 3 is 2.83 bits per heavy atom. The lowest BCUT2D eigenvalue weighted by molar-refractivity contribution is 0.0736. The van der Waals surface area contributed by atoms with E-state index < -0.39 is 6.09 Å². The molecular weight excluding hydrogens is 333 g/mol. The van der Waals surface area contributed by atoms with Gasteiger partial charge in [0.2, 0.25) is 0 Å². The smallest absolute Gasteiger partial charge is 0.413 e. The predicted octanol–water partition coefficient (Wildman–Crippen LogP) is 3.05. The average Bonchev–Trinajstić information content (AvgIpc) is 2.96. The maximum absolute atomic E-state index is 13.0. The number of hydrogen-bond acceptors (Lipinski definition) is 5. The van der Waals surface area contributed by atoms with Crippen LogP contribution in [0.5, 0.6) is 0 Å². The maximum Gasteiger partial charge on any atom is 0.413 e. The predicted molar refractivity (Wildman–Crippen MR) is 87.6 cm³/mol. The third-order valence-electron chi connectivity index (χ3n) is 3.59. The third-order valence-corrected chi connectivity index (χ3v) is 4.59. The lowest BCUT2D eigenvalue weighted by Crippen LogP contribution is -2.35. The number of carbonyl (C=O) groups is 2. The van der Waals surface area contributed by atoms with Crippen LogP contribution in [-0.4, -0.2) is 35.0 Å². The lowest BCUT2D eigenvalue weighted by Gasteiger charge is -2.26. The summed E-state index contributed by atoms with van der Waals surface area (Å²) in [6.45, 7) is 2.97. The Bertz CT molecular complexity index is 760. The zero-order valence-corrected chi connectivity index (χ0v) is 13.9. The van der Waals surface area contributed by atoms with E-state index in [2.05, 4.69) is 10.3 Å². The van der Waals surface area contributed by atoms with Crippen molar-refractivity contribution >= 4 is 28.5 Å². The molecule has 1 aromatic carbocycles. The molecule has 0 saturated heterocycles. The topological polar surface area (TPSA) is 71.5 Å². The van der Waals surface area contributed by atoms with E-state index in [1.165, 1.54) is 35.6 Å². The van der Waals surface area contributed by atoms with Crippen molar-refractivity contribution < 1.29 is 18.7 Å². The quantitative estimate of drug-likeness (QED) is 0.924. The first-order valence-corrected chi connectivity index (χ1v) is 8.35. The minimum absolute atomic E-state index is 0.144. The van der Waals surface area contributed by atoms with Crippen LogP contribution in [0.1, 0.15) is 27.9 Å². The molecule has 1 aliphatic rings. The molecule has 1 aromatic heterocycles. The van der Waals surface area contributed by atoms with Crippen LogP contribution in [-0.2, 0) is 17.7 Å². The first kappa shape index (κ1) is 16.4. The van der Waals surface area contributed by atoms with Crippen molar-refractivity contribution in [2.75, 3.05) is 18.5 Å². The van der Waals surface area contributed by atoms with Crippen LogP contribution in [0.3, 0.4) is 0 Å². The van der Waals surface area contributed by atoms with Gasteiger partial charge in [-0.1, -0.05) is 11.3 Å². The van der Waals surface area contributed by atoms with Gasteiger partial charge >= 0.3 is 6.09 Å². The highest BCUT2D eigenvalue weighted by molar-refractivity contribution is 7.15. The number of hydrogen-bond donors (Lipinski definition) is 1. The highest BCUT2D eigenvalue weighted by Gasteiger charge is 2.25. The molecule has 0 fully saturated rings. The molecule has 24 heavy (non-hydrogen) atoms. The molecule has 0 saturated carbocycles. The Kier molecular flexibility index (Phi) is 4.75. The number of fused-ring (bicyclic) bond motifs is 1. The molecule has 8 heteroatoms. The van der Waals surface area contributed by atoms with E-state index in [1.807, 2.05) is 0 Å². The second-order valence-corrected chi connectivity index (χ2v) is 6.30. The van der Waals surface area contributed by atoms with Gasteiger partial charge in [-0.15, -0.1) is 0 Å². The highest BCUT2D eigenvalue weighted by atomic mass is 32.1. The van der Waals surface area contributed by atoms with Crippen LogP contribution in [0, 0.1) is 5.82 Å². The zero-order valence-electron chi connectivity index (χ0n) is 13.0. The second-order valence-electron chi connectivity index (χ2n) is 5.22. The van der Waals surface area contributed by atoms with Gasteiger partial charge in [-0.25, -0.2) is 14.2 Å². The van der Waals surface area contributed by atoms with Crippen LogP contribution >= 0.6 is 11.3 Å². The molecule has 2 heterocycles. The van der Waals surface area contributed by atoms with Gasteiger partial charge in [0, 0.05) is 23.4 Å². The number of benzene rings is 1. The molecule has 0 spiro atoms. The van der Waals surface area contributed by atoms with E-state index in [-0.39, 0.29) is 18.3 Å². The van der Waals surface area contributed by atoms with Crippen LogP contribution in [0.2, 0.25) is 0 Å². The summed E-state index contributed by atoms with van der Waals surface area (Å²) in [7, 11) is 0. The van der Waals surface area contributed by atoms with Crippen LogP contribution in [0.15, 0.2) is 24.3 Å². The Hall–Kier alpha value is -2.48. The van der Waals surface area contributed by atoms with Gasteiger partial charge in [-0.05, 0) is 31.2 Å². The number of anilines is 1. The molecule has 2 aromatic rings. The lowest BCUT2D eigenvalue weighted by atomic mass is 10.1. The summed E-state index contributed by atoms with van der Waals surface area (Å²) in [6, 6.07) is 5.51. The minimum Gasteiger partial charge on any atom is -0.450 e. The van der Waals surface area contributed by atoms with Gasteiger partial charge < -0.3 is 9.64 Å². The van der Waals surface area contributed by atoms with Gasteiger partial charge in [0.1, 0.15) is 5.82 Å². The molecule has 0 unspecified atom stereocenters. The zero-order chi connectivity index (χ0) is 17.1. The monoisotopic (exact) mass is 349 g/mol. The molecule has 3 rings (SSSR count). The molecule has 0 bridgehead atoms. The summed E-state index contributed by atoms with van der Waals surface area (Å²) in [6.07, 6.45) is 0.0753. The first-order valence-electron chi connectivity index (χ1n) is 7.54. The molecule has 0 radical (unpaired) electrons. The van der Waals surface area contributed by atoms with E-state index >= 15 is 0 Å². The van der Waals surface area contributed by atoms with Crippen molar-refractivity contribution in [3.8, 4) is 0 Å². The van der Waals surface area contributed by atoms with Crippen molar-refractivity contribution in [1.29, 1.82) is 0 Å². The van der Waals surface area contributed by atoms with Crippen molar-refractivity contribution in [1.82, 2.24) is 9.88 Å². The van der Waals surface area contributed by atoms with E-state index in [4.69, 9.17) is 4.74 Å². The largest absolute Gasteiger partial charge is 0.450 e. The summed E-state index contributed by atoms with van der Waals surface area (Å²) >= 11 is 1.33. The number of rotatable bonds is 3. The SMILES string of the molecule is CCOC(=O)Nc1nc2c(s1)CN(C(=O)c1ccc(F)cc1)CC2. The number of ether oxygens (including phenoxy) is 1. The summed E-state index contributed by atoms with van der Waals surface area (Å²) in [5.74, 6) is -0.515. The number of carbonyl (C=O) groups excluding carboxylic acids is 2. The fraction of sp³-hybridized carbons (Fsp3) is 0.312. The summed E-state index contributed by atoms with van der Waals surface area (Å²) in [4.78, 5) is 30.9. The Morgan fingerprint density at radius 1 is 1.38 bits per heavy atom. The van der Waals surface area contributed by atoms with E-state index in [0.717, 1.165) is 10.6 Å². The number of amides is 2. The normalized spacial score (nSPS) is 13.3. The molecular formula is C16H16FN3O3S. The fourth-order valence-corrected chi connectivity index (χ4v) is 3.46. The Morgan fingerprint density at radius 2 is 2.12 bits per heavy atom. The maximum atomic E-state index is 13.0. The van der Waals surface area contributed by atoms with Crippen LogP contribution in [0.4, 0.5) is 14.3 Å². The number of thiazole rings is 1. The number of halogens is 1. The third kappa shape index (κ3) is 3.53. The van der Waals surface area contributed by atoms with Gasteiger partial charge in [-0.2, -0.15) is 0 Å². The molecule has 1 aliphatic heterocycles. The summed E-state index contributed by atoms with van der Waals surface area (Å²) in [5.41, 5.74) is 1.34. The van der Waals surface area contributed by atoms with Crippen molar-refractivity contribution in [3.63, 3.8) is 0 Å². The standard InChI is InChI=1S/C16H16FN3O3S/c1-2-23-16(22)19-15-18-12-7-8-20(9-13(12)24-15)14(21)10-3-5-11(17)6-4-10/h3-6H,2,7-9H2,1H3,(H,18,19,22). The minimum atomic E-state index is -0.539. The average molecular weight is 349 g/mol. The molecule has 1 N–H and O–H groups in total. The first-order chi connectivity index (χ1) is 11.6. The highest BCUT2D eigenvalue weighted by Crippen LogP contribution is 2.29. The number of nitrogens with one attached hydrogen (secondary N) is 1. The number of aromatic nitrogens is 1. The summed E-state index contributed by atoms with van der Waals surface area (Å²) in [5, 5.41) is 3.05.